The van der Waals surface area contributed by atoms with Crippen LogP contribution in [0.15, 0.2) is 28.8 Å². The molecule has 2 aromatic rings. The minimum atomic E-state index is 0.605. The summed E-state index contributed by atoms with van der Waals surface area (Å²) in [4.78, 5) is 0. The number of fused-ring (bicyclic) bond motifs is 1. The van der Waals surface area contributed by atoms with Gasteiger partial charge in [-0.2, -0.15) is 0 Å². The van der Waals surface area contributed by atoms with Gasteiger partial charge in [-0.3, -0.25) is 0 Å². The van der Waals surface area contributed by atoms with E-state index in [0.717, 1.165) is 5.58 Å². The van der Waals surface area contributed by atoms with E-state index in [4.69, 9.17) is 4.52 Å². The number of benzene rings is 1. The van der Waals surface area contributed by atoms with Crippen LogP contribution in [-0.2, 0) is 0 Å². The molecule has 0 radical (unpaired) electrons. The Hall–Kier alpha value is -1.35. The molecule has 3 heterocycles. The van der Waals surface area contributed by atoms with Crippen molar-refractivity contribution in [2.75, 3.05) is 26.2 Å². The predicted octanol–water partition coefficient (Wildman–Crippen LogP) is 3.32. The maximum atomic E-state index is 5.46. The average Bonchev–Trinajstić information content (AvgIpc) is 3.08. The lowest BCUT2D eigenvalue weighted by Gasteiger charge is -2.40. The number of aromatic nitrogens is 1. The van der Waals surface area contributed by atoms with Crippen LogP contribution in [0.2, 0.25) is 0 Å². The number of hydrogen-bond donors (Lipinski definition) is 0. The maximum Gasteiger partial charge on any atom is 0.167 e. The predicted molar refractivity (Wildman–Crippen MR) is 74.9 cm³/mol. The summed E-state index contributed by atoms with van der Waals surface area (Å²) in [5, 5.41) is 5.58. The van der Waals surface area contributed by atoms with E-state index >= 15 is 0 Å². The van der Waals surface area contributed by atoms with Crippen LogP contribution >= 0.6 is 0 Å². The normalized spacial score (nSPS) is 23.4. The van der Waals surface area contributed by atoms with Crippen molar-refractivity contribution in [3.05, 3.63) is 30.0 Å². The molecule has 19 heavy (non-hydrogen) atoms. The van der Waals surface area contributed by atoms with Gasteiger partial charge in [-0.15, -0.1) is 0 Å². The monoisotopic (exact) mass is 257 g/mol. The lowest BCUT2D eigenvalue weighted by Crippen LogP contribution is -2.50. The summed E-state index contributed by atoms with van der Waals surface area (Å²) in [5.41, 5.74) is 2.14. The third-order valence-electron chi connectivity index (χ3n) is 5.21. The Morgan fingerprint density at radius 1 is 1.00 bits per heavy atom. The van der Waals surface area contributed by atoms with Crippen molar-refractivity contribution >= 4 is 11.0 Å². The fourth-order valence-corrected chi connectivity index (χ4v) is 4.04. The van der Waals surface area contributed by atoms with Crippen molar-refractivity contribution < 1.29 is 9.01 Å². The molecule has 100 valence electrons. The first-order valence-corrected chi connectivity index (χ1v) is 7.56. The summed E-state index contributed by atoms with van der Waals surface area (Å²) in [6.45, 7) is 5.50. The molecular weight excluding hydrogens is 236 g/mol. The number of quaternary nitrogens is 1. The Morgan fingerprint density at radius 3 is 2.53 bits per heavy atom. The first kappa shape index (κ1) is 11.5. The van der Waals surface area contributed by atoms with E-state index in [1.807, 2.05) is 12.1 Å². The van der Waals surface area contributed by atoms with E-state index in [9.17, 15) is 0 Å². The largest absolute Gasteiger partial charge is 0.356 e. The molecule has 2 aliphatic rings. The van der Waals surface area contributed by atoms with Gasteiger partial charge in [0.25, 0.3) is 0 Å². The van der Waals surface area contributed by atoms with Crippen LogP contribution in [0.4, 0.5) is 0 Å². The fourth-order valence-electron chi connectivity index (χ4n) is 4.04. The summed E-state index contributed by atoms with van der Waals surface area (Å²) in [7, 11) is 0. The molecule has 0 bridgehead atoms. The Labute approximate surface area is 113 Å². The number of rotatable bonds is 1. The first-order chi connectivity index (χ1) is 9.36. The number of nitrogens with zero attached hydrogens (tertiary/aromatic N) is 2. The molecule has 0 saturated carbocycles. The van der Waals surface area contributed by atoms with Crippen molar-refractivity contribution in [3.8, 4) is 0 Å². The van der Waals surface area contributed by atoms with Gasteiger partial charge in [-0.05, 0) is 12.1 Å². The standard InChI is InChI=1S/C16H21N2O/c1-2-6-15-14(5-1)16(17-19-15)13-7-11-18(12-8-13)9-3-4-10-18/h1-2,5-6,13H,3-4,7-12H2/q+1. The molecule has 0 atom stereocenters. The molecule has 0 amide bonds. The highest BCUT2D eigenvalue weighted by Crippen LogP contribution is 2.36. The van der Waals surface area contributed by atoms with Crippen molar-refractivity contribution in [2.24, 2.45) is 0 Å². The quantitative estimate of drug-likeness (QED) is 0.732. The summed E-state index contributed by atoms with van der Waals surface area (Å²) in [6.07, 6.45) is 5.40. The van der Waals surface area contributed by atoms with E-state index in [2.05, 4.69) is 17.3 Å². The van der Waals surface area contributed by atoms with Gasteiger partial charge in [0.1, 0.15) is 0 Å². The van der Waals surface area contributed by atoms with E-state index in [0.29, 0.717) is 5.92 Å². The Morgan fingerprint density at radius 2 is 1.74 bits per heavy atom. The Balaban J connectivity index is 1.58. The summed E-state index contributed by atoms with van der Waals surface area (Å²) < 4.78 is 6.85. The van der Waals surface area contributed by atoms with Gasteiger partial charge in [0.05, 0.1) is 31.9 Å². The molecule has 0 aliphatic carbocycles. The van der Waals surface area contributed by atoms with Crippen molar-refractivity contribution in [2.45, 2.75) is 31.6 Å². The molecule has 0 unspecified atom stereocenters. The molecule has 3 heteroatoms. The second-order valence-electron chi connectivity index (χ2n) is 6.28. The summed E-state index contributed by atoms with van der Waals surface area (Å²) in [5.74, 6) is 0.605. The van der Waals surface area contributed by atoms with Gasteiger partial charge in [0, 0.05) is 37.0 Å². The van der Waals surface area contributed by atoms with E-state index in [1.165, 1.54) is 67.4 Å². The SMILES string of the molecule is c1ccc2c(C3CC[N+]4(CCCC4)CC3)noc2c1. The molecule has 3 nitrogen and oxygen atoms in total. The van der Waals surface area contributed by atoms with Gasteiger partial charge in [0.2, 0.25) is 0 Å². The molecule has 1 aromatic heterocycles. The zero-order chi connectivity index (χ0) is 12.7. The molecule has 2 aliphatic heterocycles. The summed E-state index contributed by atoms with van der Waals surface area (Å²) in [6, 6.07) is 8.27. The zero-order valence-corrected chi connectivity index (χ0v) is 11.3. The fraction of sp³-hybridized carbons (Fsp3) is 0.562. The van der Waals surface area contributed by atoms with E-state index in [-0.39, 0.29) is 0 Å². The molecular formula is C16H21N2O+. The smallest absolute Gasteiger partial charge is 0.167 e. The number of hydrogen-bond acceptors (Lipinski definition) is 2. The van der Waals surface area contributed by atoms with E-state index < -0.39 is 0 Å². The second-order valence-corrected chi connectivity index (χ2v) is 6.28. The third-order valence-corrected chi connectivity index (χ3v) is 5.21. The van der Waals surface area contributed by atoms with Gasteiger partial charge in [0.15, 0.2) is 5.58 Å². The topological polar surface area (TPSA) is 26.0 Å². The molecule has 2 saturated heterocycles. The Bertz CT molecular complexity index is 573. The van der Waals surface area contributed by atoms with Crippen LogP contribution in [0.5, 0.6) is 0 Å². The van der Waals surface area contributed by atoms with Crippen LogP contribution in [0.25, 0.3) is 11.0 Å². The molecule has 1 aromatic carbocycles. The molecule has 0 N–H and O–H groups in total. The van der Waals surface area contributed by atoms with Crippen LogP contribution < -0.4 is 0 Å². The van der Waals surface area contributed by atoms with Gasteiger partial charge in [-0.25, -0.2) is 0 Å². The third kappa shape index (κ3) is 1.88. The minimum absolute atomic E-state index is 0.605. The molecule has 4 rings (SSSR count). The minimum Gasteiger partial charge on any atom is -0.356 e. The van der Waals surface area contributed by atoms with Crippen LogP contribution in [0.1, 0.15) is 37.3 Å². The lowest BCUT2D eigenvalue weighted by molar-refractivity contribution is -0.921. The second kappa shape index (κ2) is 4.34. The highest BCUT2D eigenvalue weighted by atomic mass is 16.5. The van der Waals surface area contributed by atoms with Gasteiger partial charge in [-0.1, -0.05) is 17.3 Å². The lowest BCUT2D eigenvalue weighted by atomic mass is 9.90. The average molecular weight is 257 g/mol. The molecule has 1 spiro atoms. The number of para-hydroxylation sites is 1. The van der Waals surface area contributed by atoms with Crippen LogP contribution in [-0.4, -0.2) is 35.8 Å². The van der Waals surface area contributed by atoms with Gasteiger partial charge < -0.3 is 9.01 Å². The number of piperidine rings is 1. The Kier molecular flexibility index (Phi) is 2.62. The maximum absolute atomic E-state index is 5.46. The highest BCUT2D eigenvalue weighted by Gasteiger charge is 2.37. The van der Waals surface area contributed by atoms with Crippen molar-refractivity contribution in [3.63, 3.8) is 0 Å². The van der Waals surface area contributed by atoms with Crippen molar-refractivity contribution in [1.29, 1.82) is 0 Å². The van der Waals surface area contributed by atoms with Gasteiger partial charge >= 0.3 is 0 Å². The summed E-state index contributed by atoms with van der Waals surface area (Å²) >= 11 is 0. The van der Waals surface area contributed by atoms with Crippen molar-refractivity contribution in [1.82, 2.24) is 5.16 Å². The highest BCUT2D eigenvalue weighted by molar-refractivity contribution is 5.79. The van der Waals surface area contributed by atoms with Crippen LogP contribution in [0.3, 0.4) is 0 Å². The van der Waals surface area contributed by atoms with E-state index in [1.54, 1.807) is 0 Å². The molecule has 2 fully saturated rings. The zero-order valence-electron chi connectivity index (χ0n) is 11.3. The first-order valence-electron chi connectivity index (χ1n) is 7.56. The van der Waals surface area contributed by atoms with Crippen LogP contribution in [0, 0.1) is 0 Å².